The van der Waals surface area contributed by atoms with Crippen LogP contribution in [0.2, 0.25) is 0 Å². The Balaban J connectivity index is 1.41. The first-order chi connectivity index (χ1) is 14.0. The van der Waals surface area contributed by atoms with Gasteiger partial charge in [-0.25, -0.2) is 15.0 Å². The summed E-state index contributed by atoms with van der Waals surface area (Å²) in [6.45, 7) is 4.73. The van der Waals surface area contributed by atoms with Gasteiger partial charge < -0.3 is 15.0 Å². The van der Waals surface area contributed by atoms with Crippen molar-refractivity contribution in [1.82, 2.24) is 19.9 Å². The number of benzene rings is 1. The second-order valence-electron chi connectivity index (χ2n) is 7.26. The van der Waals surface area contributed by atoms with Crippen LogP contribution in [0.1, 0.15) is 48.1 Å². The zero-order valence-electron chi connectivity index (χ0n) is 16.9. The maximum atomic E-state index is 12.5. The molecule has 0 saturated carbocycles. The molecule has 152 valence electrons. The summed E-state index contributed by atoms with van der Waals surface area (Å²) in [5, 5.41) is 3.75. The molecule has 1 unspecified atom stereocenters. The van der Waals surface area contributed by atoms with Crippen molar-refractivity contribution >= 4 is 34.4 Å². The van der Waals surface area contributed by atoms with Crippen molar-refractivity contribution in [2.45, 2.75) is 50.8 Å². The van der Waals surface area contributed by atoms with E-state index in [9.17, 15) is 4.79 Å². The number of hydrogen-bond acceptors (Lipinski definition) is 6. The van der Waals surface area contributed by atoms with Gasteiger partial charge in [-0.05, 0) is 63.1 Å². The summed E-state index contributed by atoms with van der Waals surface area (Å²) in [6.07, 6.45) is 5.06. The first-order valence-electron chi connectivity index (χ1n) is 9.82. The number of H-pyrrole nitrogens is 1. The molecule has 0 bridgehead atoms. The minimum absolute atomic E-state index is 0.0315. The highest BCUT2D eigenvalue weighted by Crippen LogP contribution is 2.28. The number of carbonyl (C=O) groups is 1. The number of thioether (sulfide) groups is 1. The molecule has 0 aliphatic carbocycles. The summed E-state index contributed by atoms with van der Waals surface area (Å²) in [4.78, 5) is 29.4. The summed E-state index contributed by atoms with van der Waals surface area (Å²) in [5.74, 6) is 0.830. The lowest BCUT2D eigenvalue weighted by Crippen LogP contribution is -2.13. The van der Waals surface area contributed by atoms with Crippen LogP contribution in [-0.4, -0.2) is 38.7 Å². The summed E-state index contributed by atoms with van der Waals surface area (Å²) in [5.41, 5.74) is 5.47. The van der Waals surface area contributed by atoms with Crippen molar-refractivity contribution in [1.29, 1.82) is 0 Å². The van der Waals surface area contributed by atoms with E-state index in [0.717, 1.165) is 64.1 Å². The zero-order valence-corrected chi connectivity index (χ0v) is 17.7. The van der Waals surface area contributed by atoms with Crippen LogP contribution < -0.4 is 5.32 Å². The number of imidazole rings is 1. The Labute approximate surface area is 174 Å². The Kier molecular flexibility index (Phi) is 5.82. The van der Waals surface area contributed by atoms with Gasteiger partial charge in [-0.15, -0.1) is 0 Å². The quantitative estimate of drug-likeness (QED) is 0.468. The molecule has 3 aromatic rings. The molecule has 29 heavy (non-hydrogen) atoms. The number of aromatic nitrogens is 4. The van der Waals surface area contributed by atoms with E-state index >= 15 is 0 Å². The Morgan fingerprint density at radius 2 is 2.07 bits per heavy atom. The van der Waals surface area contributed by atoms with E-state index in [0.29, 0.717) is 12.8 Å². The maximum Gasteiger partial charge on any atom is 0.224 e. The fourth-order valence-corrected chi connectivity index (χ4v) is 4.13. The van der Waals surface area contributed by atoms with Gasteiger partial charge in [0.1, 0.15) is 11.9 Å². The molecular weight excluding hydrogens is 386 g/mol. The van der Waals surface area contributed by atoms with Gasteiger partial charge in [0.15, 0.2) is 5.16 Å². The van der Waals surface area contributed by atoms with E-state index in [-0.39, 0.29) is 12.0 Å². The molecule has 1 fully saturated rings. The molecule has 1 saturated heterocycles. The van der Waals surface area contributed by atoms with E-state index in [2.05, 4.69) is 25.3 Å². The minimum atomic E-state index is -0.0315. The third kappa shape index (κ3) is 4.43. The zero-order chi connectivity index (χ0) is 20.4. The predicted octanol–water partition coefficient (Wildman–Crippen LogP) is 4.11. The number of aromatic amines is 1. The number of ether oxygens (including phenoxy) is 1. The van der Waals surface area contributed by atoms with E-state index < -0.39 is 0 Å². The molecule has 2 aromatic heterocycles. The van der Waals surface area contributed by atoms with Crippen LogP contribution >= 0.6 is 11.8 Å². The van der Waals surface area contributed by atoms with E-state index in [1.165, 1.54) is 11.8 Å². The van der Waals surface area contributed by atoms with Gasteiger partial charge in [-0.1, -0.05) is 11.8 Å². The maximum absolute atomic E-state index is 12.5. The van der Waals surface area contributed by atoms with E-state index in [1.54, 1.807) is 0 Å². The molecule has 1 aliphatic heterocycles. The Morgan fingerprint density at radius 1 is 1.28 bits per heavy atom. The van der Waals surface area contributed by atoms with Crippen molar-refractivity contribution in [2.24, 2.45) is 0 Å². The molecule has 1 aliphatic rings. The number of amides is 1. The second kappa shape index (κ2) is 8.51. The van der Waals surface area contributed by atoms with Crippen LogP contribution in [0.4, 0.5) is 5.69 Å². The molecule has 0 spiro atoms. The minimum Gasteiger partial charge on any atom is -0.370 e. The summed E-state index contributed by atoms with van der Waals surface area (Å²) < 4.78 is 5.70. The molecule has 1 atom stereocenters. The van der Waals surface area contributed by atoms with Gasteiger partial charge in [0, 0.05) is 30.1 Å². The first-order valence-corrected chi connectivity index (χ1v) is 11.0. The van der Waals surface area contributed by atoms with Crippen molar-refractivity contribution in [3.8, 4) is 0 Å². The molecule has 0 radical (unpaired) electrons. The van der Waals surface area contributed by atoms with Gasteiger partial charge in [0.2, 0.25) is 5.91 Å². The standard InChI is InChI=1S/C21H25N5O2S/c1-12-15(13(2)23-21(22-12)29-3)7-9-19(27)24-14-6-8-16-17(11-14)26-20(25-16)18-5-4-10-28-18/h6,8,11,18H,4-5,7,9-10H2,1-3H3,(H,24,27)(H,25,26). The summed E-state index contributed by atoms with van der Waals surface area (Å²) >= 11 is 1.53. The lowest BCUT2D eigenvalue weighted by molar-refractivity contribution is -0.116. The van der Waals surface area contributed by atoms with Crippen LogP contribution in [0.25, 0.3) is 11.0 Å². The van der Waals surface area contributed by atoms with Crippen molar-refractivity contribution in [3.63, 3.8) is 0 Å². The SMILES string of the molecule is CSc1nc(C)c(CCC(=O)Nc2ccc3nc(C4CCCO4)[nH]c3c2)c(C)n1. The van der Waals surface area contributed by atoms with Crippen LogP contribution in [0.3, 0.4) is 0 Å². The van der Waals surface area contributed by atoms with Crippen LogP contribution in [-0.2, 0) is 16.0 Å². The highest BCUT2D eigenvalue weighted by Gasteiger charge is 2.21. The number of aryl methyl sites for hydroxylation is 2. The Bertz CT molecular complexity index is 1020. The monoisotopic (exact) mass is 411 g/mol. The number of hydrogen-bond donors (Lipinski definition) is 2. The molecule has 4 rings (SSSR count). The average Bonchev–Trinajstić information content (AvgIpc) is 3.36. The van der Waals surface area contributed by atoms with Crippen LogP contribution in [0.5, 0.6) is 0 Å². The lowest BCUT2D eigenvalue weighted by Gasteiger charge is -2.10. The molecule has 1 aromatic carbocycles. The molecule has 1 amide bonds. The number of nitrogens with zero attached hydrogens (tertiary/aromatic N) is 3. The van der Waals surface area contributed by atoms with Crippen LogP contribution in [0.15, 0.2) is 23.4 Å². The third-order valence-corrected chi connectivity index (χ3v) is 5.75. The highest BCUT2D eigenvalue weighted by molar-refractivity contribution is 7.98. The smallest absolute Gasteiger partial charge is 0.224 e. The van der Waals surface area contributed by atoms with Crippen molar-refractivity contribution < 1.29 is 9.53 Å². The van der Waals surface area contributed by atoms with Gasteiger partial charge >= 0.3 is 0 Å². The van der Waals surface area contributed by atoms with Crippen molar-refractivity contribution in [3.05, 3.63) is 41.0 Å². The van der Waals surface area contributed by atoms with Crippen LogP contribution in [0, 0.1) is 13.8 Å². The number of anilines is 1. The molecule has 7 nitrogen and oxygen atoms in total. The molecule has 3 heterocycles. The fraction of sp³-hybridized carbons (Fsp3) is 0.429. The van der Waals surface area contributed by atoms with Gasteiger partial charge in [0.25, 0.3) is 0 Å². The Morgan fingerprint density at radius 3 is 2.76 bits per heavy atom. The molecular formula is C21H25N5O2S. The van der Waals surface area contributed by atoms with Crippen molar-refractivity contribution in [2.75, 3.05) is 18.2 Å². The average molecular weight is 412 g/mol. The highest BCUT2D eigenvalue weighted by atomic mass is 32.2. The fourth-order valence-electron chi connectivity index (χ4n) is 3.68. The molecule has 8 heteroatoms. The van der Waals surface area contributed by atoms with Gasteiger partial charge in [-0.3, -0.25) is 4.79 Å². The van der Waals surface area contributed by atoms with E-state index in [4.69, 9.17) is 4.74 Å². The second-order valence-corrected chi connectivity index (χ2v) is 8.04. The third-order valence-electron chi connectivity index (χ3n) is 5.20. The normalized spacial score (nSPS) is 16.4. The lowest BCUT2D eigenvalue weighted by atomic mass is 10.1. The Hall–Kier alpha value is -2.45. The van der Waals surface area contributed by atoms with Gasteiger partial charge in [-0.2, -0.15) is 0 Å². The number of rotatable bonds is 6. The topological polar surface area (TPSA) is 92.8 Å². The first kappa shape index (κ1) is 19.8. The summed E-state index contributed by atoms with van der Waals surface area (Å²) in [6, 6.07) is 5.72. The largest absolute Gasteiger partial charge is 0.370 e. The van der Waals surface area contributed by atoms with E-state index in [1.807, 2.05) is 38.3 Å². The van der Waals surface area contributed by atoms with Gasteiger partial charge in [0.05, 0.1) is 11.0 Å². The predicted molar refractivity (Wildman–Crippen MR) is 114 cm³/mol. The molecule has 2 N–H and O–H groups in total. The number of fused-ring (bicyclic) bond motifs is 1. The number of nitrogens with one attached hydrogen (secondary N) is 2. The summed E-state index contributed by atoms with van der Waals surface area (Å²) in [7, 11) is 0. The number of carbonyl (C=O) groups excluding carboxylic acids is 1.